The fourth-order valence-corrected chi connectivity index (χ4v) is 1.70. The SMILES string of the molecule is O=C(CCBr)N1CCOCC1CO. The highest BCUT2D eigenvalue weighted by molar-refractivity contribution is 9.09. The van der Waals surface area contributed by atoms with Crippen molar-refractivity contribution in [3.05, 3.63) is 0 Å². The fourth-order valence-electron chi connectivity index (χ4n) is 1.36. The quantitative estimate of drug-likeness (QED) is 0.719. The van der Waals surface area contributed by atoms with E-state index in [-0.39, 0.29) is 18.6 Å². The number of alkyl halides is 1. The maximum atomic E-state index is 11.5. The molecular formula is C8H14BrNO3. The lowest BCUT2D eigenvalue weighted by Gasteiger charge is -2.34. The summed E-state index contributed by atoms with van der Waals surface area (Å²) in [7, 11) is 0. The molecule has 0 aromatic rings. The first-order valence-electron chi connectivity index (χ1n) is 4.33. The topological polar surface area (TPSA) is 49.8 Å². The molecule has 1 aliphatic rings. The van der Waals surface area contributed by atoms with Gasteiger partial charge in [-0.1, -0.05) is 15.9 Å². The lowest BCUT2D eigenvalue weighted by molar-refractivity contribution is -0.141. The van der Waals surface area contributed by atoms with E-state index in [1.807, 2.05) is 0 Å². The van der Waals surface area contributed by atoms with Crippen molar-refractivity contribution in [2.24, 2.45) is 0 Å². The number of aliphatic hydroxyl groups is 1. The van der Waals surface area contributed by atoms with E-state index < -0.39 is 0 Å². The Labute approximate surface area is 86.0 Å². The Bertz CT molecular complexity index is 177. The summed E-state index contributed by atoms with van der Waals surface area (Å²) < 4.78 is 5.17. The summed E-state index contributed by atoms with van der Waals surface area (Å²) in [5, 5.41) is 9.66. The average Bonchev–Trinajstić information content (AvgIpc) is 2.18. The number of ether oxygens (including phenoxy) is 1. The predicted octanol–water partition coefficient (Wildman–Crippen LogP) is -0.00890. The van der Waals surface area contributed by atoms with Crippen LogP contribution in [0, 0.1) is 0 Å². The number of hydrogen-bond acceptors (Lipinski definition) is 3. The van der Waals surface area contributed by atoms with Crippen molar-refractivity contribution in [2.45, 2.75) is 12.5 Å². The summed E-state index contributed by atoms with van der Waals surface area (Å²) in [5.41, 5.74) is 0. The normalized spacial score (nSPS) is 23.2. The monoisotopic (exact) mass is 251 g/mol. The minimum absolute atomic E-state index is 0.0198. The van der Waals surface area contributed by atoms with Crippen LogP contribution in [-0.2, 0) is 9.53 Å². The van der Waals surface area contributed by atoms with Crippen LogP contribution < -0.4 is 0 Å². The van der Waals surface area contributed by atoms with E-state index in [4.69, 9.17) is 9.84 Å². The smallest absolute Gasteiger partial charge is 0.223 e. The summed E-state index contributed by atoms with van der Waals surface area (Å²) in [6.07, 6.45) is 0.483. The molecule has 76 valence electrons. The molecule has 1 heterocycles. The highest BCUT2D eigenvalue weighted by Crippen LogP contribution is 2.08. The molecule has 1 atom stereocenters. The first-order valence-corrected chi connectivity index (χ1v) is 5.45. The molecule has 0 aliphatic carbocycles. The van der Waals surface area contributed by atoms with E-state index in [0.29, 0.717) is 31.5 Å². The Hall–Kier alpha value is -0.130. The molecule has 1 fully saturated rings. The zero-order valence-electron chi connectivity index (χ0n) is 7.41. The first-order chi connectivity index (χ1) is 6.29. The molecule has 1 amide bonds. The maximum absolute atomic E-state index is 11.5. The second-order valence-electron chi connectivity index (χ2n) is 2.94. The molecule has 1 unspecified atom stereocenters. The Morgan fingerprint density at radius 1 is 1.69 bits per heavy atom. The van der Waals surface area contributed by atoms with Gasteiger partial charge in [-0.05, 0) is 0 Å². The molecule has 0 spiro atoms. The standard InChI is InChI=1S/C8H14BrNO3/c9-2-1-8(12)10-3-4-13-6-7(10)5-11/h7,11H,1-6H2. The van der Waals surface area contributed by atoms with Gasteiger partial charge in [0, 0.05) is 18.3 Å². The molecule has 1 rings (SSSR count). The number of carbonyl (C=O) groups excluding carboxylic acids is 1. The zero-order valence-corrected chi connectivity index (χ0v) is 8.99. The summed E-state index contributed by atoms with van der Waals surface area (Å²) >= 11 is 3.22. The summed E-state index contributed by atoms with van der Waals surface area (Å²) in [4.78, 5) is 13.2. The maximum Gasteiger partial charge on any atom is 0.223 e. The van der Waals surface area contributed by atoms with E-state index in [2.05, 4.69) is 15.9 Å². The number of carbonyl (C=O) groups is 1. The van der Waals surface area contributed by atoms with Crippen LogP contribution in [0.15, 0.2) is 0 Å². The molecule has 0 aromatic heterocycles. The van der Waals surface area contributed by atoms with Gasteiger partial charge in [0.2, 0.25) is 5.91 Å². The number of halogens is 1. The van der Waals surface area contributed by atoms with E-state index in [1.54, 1.807) is 4.90 Å². The van der Waals surface area contributed by atoms with E-state index >= 15 is 0 Å². The zero-order chi connectivity index (χ0) is 9.68. The number of hydrogen-bond donors (Lipinski definition) is 1. The van der Waals surface area contributed by atoms with E-state index in [1.165, 1.54) is 0 Å². The van der Waals surface area contributed by atoms with Gasteiger partial charge in [0.05, 0.1) is 25.9 Å². The molecule has 0 aromatic carbocycles. The van der Waals surface area contributed by atoms with Crippen LogP contribution in [0.2, 0.25) is 0 Å². The van der Waals surface area contributed by atoms with Gasteiger partial charge in [0.15, 0.2) is 0 Å². The molecule has 13 heavy (non-hydrogen) atoms. The molecule has 1 N–H and O–H groups in total. The van der Waals surface area contributed by atoms with Gasteiger partial charge in [-0.2, -0.15) is 0 Å². The first kappa shape index (κ1) is 10.9. The van der Waals surface area contributed by atoms with Crippen LogP contribution in [0.25, 0.3) is 0 Å². The molecule has 0 saturated carbocycles. The summed E-state index contributed by atoms with van der Waals surface area (Å²) in [5.74, 6) is 0.0826. The lowest BCUT2D eigenvalue weighted by Crippen LogP contribution is -2.50. The van der Waals surface area contributed by atoms with Gasteiger partial charge in [-0.25, -0.2) is 0 Å². The summed E-state index contributed by atoms with van der Waals surface area (Å²) in [6, 6.07) is -0.153. The van der Waals surface area contributed by atoms with Crippen molar-refractivity contribution in [2.75, 3.05) is 31.7 Å². The Morgan fingerprint density at radius 3 is 3.08 bits per heavy atom. The fraction of sp³-hybridized carbons (Fsp3) is 0.875. The van der Waals surface area contributed by atoms with Crippen LogP contribution in [0.3, 0.4) is 0 Å². The Kier molecular flexibility index (Phi) is 4.69. The van der Waals surface area contributed by atoms with Gasteiger partial charge in [0.1, 0.15) is 0 Å². The largest absolute Gasteiger partial charge is 0.394 e. The minimum Gasteiger partial charge on any atom is -0.394 e. The van der Waals surface area contributed by atoms with E-state index in [0.717, 1.165) is 0 Å². The predicted molar refractivity (Wildman–Crippen MR) is 51.8 cm³/mol. The number of nitrogens with zero attached hydrogens (tertiary/aromatic N) is 1. The number of rotatable bonds is 3. The van der Waals surface area contributed by atoms with Crippen LogP contribution in [0.1, 0.15) is 6.42 Å². The van der Waals surface area contributed by atoms with Crippen LogP contribution in [-0.4, -0.2) is 53.7 Å². The van der Waals surface area contributed by atoms with Crippen molar-refractivity contribution in [1.82, 2.24) is 4.90 Å². The lowest BCUT2D eigenvalue weighted by atomic mass is 10.2. The Morgan fingerprint density at radius 2 is 2.46 bits per heavy atom. The third-order valence-electron chi connectivity index (χ3n) is 2.07. The van der Waals surface area contributed by atoms with Crippen molar-refractivity contribution in [1.29, 1.82) is 0 Å². The van der Waals surface area contributed by atoms with Gasteiger partial charge in [0.25, 0.3) is 0 Å². The van der Waals surface area contributed by atoms with Crippen molar-refractivity contribution < 1.29 is 14.6 Å². The molecular weight excluding hydrogens is 238 g/mol. The summed E-state index contributed by atoms with van der Waals surface area (Å²) in [6.45, 7) is 1.60. The highest BCUT2D eigenvalue weighted by atomic mass is 79.9. The van der Waals surface area contributed by atoms with Gasteiger partial charge >= 0.3 is 0 Å². The van der Waals surface area contributed by atoms with Crippen LogP contribution >= 0.6 is 15.9 Å². The molecule has 0 radical (unpaired) electrons. The molecule has 0 bridgehead atoms. The third kappa shape index (κ3) is 2.93. The van der Waals surface area contributed by atoms with Crippen molar-refractivity contribution in [3.63, 3.8) is 0 Å². The number of amides is 1. The van der Waals surface area contributed by atoms with Crippen molar-refractivity contribution >= 4 is 21.8 Å². The van der Waals surface area contributed by atoms with Gasteiger partial charge in [-0.15, -0.1) is 0 Å². The van der Waals surface area contributed by atoms with Gasteiger partial charge in [-0.3, -0.25) is 4.79 Å². The van der Waals surface area contributed by atoms with Crippen molar-refractivity contribution in [3.8, 4) is 0 Å². The van der Waals surface area contributed by atoms with Crippen LogP contribution in [0.4, 0.5) is 0 Å². The van der Waals surface area contributed by atoms with Crippen LogP contribution in [0.5, 0.6) is 0 Å². The highest BCUT2D eigenvalue weighted by Gasteiger charge is 2.25. The molecule has 1 aliphatic heterocycles. The Balaban J connectivity index is 2.48. The third-order valence-corrected chi connectivity index (χ3v) is 2.46. The second-order valence-corrected chi connectivity index (χ2v) is 3.73. The van der Waals surface area contributed by atoms with Gasteiger partial charge < -0.3 is 14.7 Å². The average molecular weight is 252 g/mol. The molecule has 1 saturated heterocycles. The molecule has 4 nitrogen and oxygen atoms in total. The second kappa shape index (κ2) is 5.57. The minimum atomic E-state index is -0.153. The number of aliphatic hydroxyl groups excluding tert-OH is 1. The van der Waals surface area contributed by atoms with E-state index in [9.17, 15) is 4.79 Å². The number of morpholine rings is 1. The molecule has 5 heteroatoms.